The van der Waals surface area contributed by atoms with Crippen molar-refractivity contribution < 1.29 is 0 Å². The van der Waals surface area contributed by atoms with Crippen LogP contribution in [0.2, 0.25) is 0 Å². The van der Waals surface area contributed by atoms with E-state index < -0.39 is 0 Å². The predicted molar refractivity (Wildman–Crippen MR) is 87.4 cm³/mol. The first-order chi connectivity index (χ1) is 10.3. The first-order valence-corrected chi connectivity index (χ1v) is 7.76. The van der Waals surface area contributed by atoms with Crippen LogP contribution in [0.4, 0.5) is 0 Å². The standard InChI is InChI=1S/C17H24N4/c1-20(10-11-21-8-6-18-7-9-21)14-16-13-19-12-15-4-2-3-5-17(15)16/h2-5,12-13,18H,6-11,14H2,1H3. The molecule has 0 aliphatic carbocycles. The van der Waals surface area contributed by atoms with Crippen LogP contribution in [0.1, 0.15) is 5.56 Å². The van der Waals surface area contributed by atoms with Gasteiger partial charge in [0, 0.05) is 63.6 Å². The minimum Gasteiger partial charge on any atom is -0.314 e. The molecule has 1 aliphatic rings. The fourth-order valence-electron chi connectivity index (χ4n) is 2.92. The van der Waals surface area contributed by atoms with Gasteiger partial charge in [-0.3, -0.25) is 9.88 Å². The molecule has 21 heavy (non-hydrogen) atoms. The van der Waals surface area contributed by atoms with E-state index in [2.05, 4.69) is 51.4 Å². The number of benzene rings is 1. The molecule has 0 bridgehead atoms. The van der Waals surface area contributed by atoms with E-state index in [0.29, 0.717) is 0 Å². The second-order valence-electron chi connectivity index (χ2n) is 5.85. The van der Waals surface area contributed by atoms with Gasteiger partial charge in [-0.2, -0.15) is 0 Å². The molecule has 0 saturated carbocycles. The minimum atomic E-state index is 0.959. The van der Waals surface area contributed by atoms with Gasteiger partial charge in [0.2, 0.25) is 0 Å². The molecule has 0 spiro atoms. The first-order valence-electron chi connectivity index (χ1n) is 7.76. The lowest BCUT2D eigenvalue weighted by Crippen LogP contribution is -2.45. The monoisotopic (exact) mass is 284 g/mol. The van der Waals surface area contributed by atoms with Gasteiger partial charge in [0.1, 0.15) is 0 Å². The third kappa shape index (κ3) is 3.79. The van der Waals surface area contributed by atoms with Gasteiger partial charge in [-0.1, -0.05) is 24.3 Å². The topological polar surface area (TPSA) is 31.4 Å². The first kappa shape index (κ1) is 14.4. The number of hydrogen-bond acceptors (Lipinski definition) is 4. The summed E-state index contributed by atoms with van der Waals surface area (Å²) in [4.78, 5) is 9.30. The molecule has 1 saturated heterocycles. The van der Waals surface area contributed by atoms with Gasteiger partial charge < -0.3 is 10.2 Å². The smallest absolute Gasteiger partial charge is 0.0346 e. The molecule has 0 amide bonds. The summed E-state index contributed by atoms with van der Waals surface area (Å²) in [6.45, 7) is 7.79. The molecule has 0 radical (unpaired) electrons. The summed E-state index contributed by atoms with van der Waals surface area (Å²) in [7, 11) is 2.20. The highest BCUT2D eigenvalue weighted by Gasteiger charge is 2.11. The van der Waals surface area contributed by atoms with Crippen molar-refractivity contribution in [2.45, 2.75) is 6.54 Å². The van der Waals surface area contributed by atoms with Crippen molar-refractivity contribution in [2.75, 3.05) is 46.3 Å². The van der Waals surface area contributed by atoms with Crippen molar-refractivity contribution in [2.24, 2.45) is 0 Å². The molecule has 1 aromatic carbocycles. The number of hydrogen-bond donors (Lipinski definition) is 1. The molecule has 1 N–H and O–H groups in total. The molecule has 112 valence electrons. The fraction of sp³-hybridized carbons (Fsp3) is 0.471. The van der Waals surface area contributed by atoms with E-state index in [0.717, 1.165) is 32.7 Å². The van der Waals surface area contributed by atoms with Crippen LogP contribution in [0.15, 0.2) is 36.7 Å². The molecule has 4 heteroatoms. The van der Waals surface area contributed by atoms with Crippen LogP contribution < -0.4 is 5.32 Å². The summed E-state index contributed by atoms with van der Waals surface area (Å²) in [6, 6.07) is 8.50. The lowest BCUT2D eigenvalue weighted by Gasteiger charge is -2.29. The lowest BCUT2D eigenvalue weighted by atomic mass is 10.1. The predicted octanol–water partition coefficient (Wildman–Crippen LogP) is 1.57. The molecule has 4 nitrogen and oxygen atoms in total. The maximum absolute atomic E-state index is 4.37. The van der Waals surface area contributed by atoms with Crippen molar-refractivity contribution in [3.63, 3.8) is 0 Å². The summed E-state index contributed by atoms with van der Waals surface area (Å²) in [5, 5.41) is 5.95. The van der Waals surface area contributed by atoms with E-state index in [4.69, 9.17) is 0 Å². The van der Waals surface area contributed by atoms with Crippen LogP contribution in [-0.4, -0.2) is 61.1 Å². The van der Waals surface area contributed by atoms with Gasteiger partial charge in [-0.05, 0) is 18.0 Å². The highest BCUT2D eigenvalue weighted by molar-refractivity contribution is 5.84. The Morgan fingerprint density at radius 2 is 2.00 bits per heavy atom. The molecule has 1 aliphatic heterocycles. The van der Waals surface area contributed by atoms with Gasteiger partial charge in [0.05, 0.1) is 0 Å². The fourth-order valence-corrected chi connectivity index (χ4v) is 2.92. The van der Waals surface area contributed by atoms with Crippen molar-refractivity contribution in [1.29, 1.82) is 0 Å². The van der Waals surface area contributed by atoms with Crippen LogP contribution >= 0.6 is 0 Å². The molecular formula is C17H24N4. The second-order valence-corrected chi connectivity index (χ2v) is 5.85. The van der Waals surface area contributed by atoms with E-state index in [9.17, 15) is 0 Å². The van der Waals surface area contributed by atoms with Gasteiger partial charge in [0.15, 0.2) is 0 Å². The quantitative estimate of drug-likeness (QED) is 0.903. The highest BCUT2D eigenvalue weighted by atomic mass is 15.2. The molecular weight excluding hydrogens is 260 g/mol. The van der Waals surface area contributed by atoms with Crippen molar-refractivity contribution in [1.82, 2.24) is 20.1 Å². The Hall–Kier alpha value is -1.49. The van der Waals surface area contributed by atoms with E-state index in [1.54, 1.807) is 0 Å². The highest BCUT2D eigenvalue weighted by Crippen LogP contribution is 2.18. The number of rotatable bonds is 5. The average Bonchev–Trinajstić information content (AvgIpc) is 2.54. The molecule has 3 rings (SSSR count). The zero-order valence-corrected chi connectivity index (χ0v) is 12.8. The van der Waals surface area contributed by atoms with Crippen LogP contribution in [0.25, 0.3) is 10.8 Å². The zero-order chi connectivity index (χ0) is 14.5. The number of likely N-dealkylation sites (N-methyl/N-ethyl adjacent to an activating group) is 1. The zero-order valence-electron chi connectivity index (χ0n) is 12.8. The summed E-state index contributed by atoms with van der Waals surface area (Å²) in [6.07, 6.45) is 3.95. The van der Waals surface area contributed by atoms with Gasteiger partial charge >= 0.3 is 0 Å². The SMILES string of the molecule is CN(CCN1CCNCC1)Cc1cncc2ccccc12. The molecule has 2 heterocycles. The molecule has 2 aromatic rings. The van der Waals surface area contributed by atoms with E-state index in [1.807, 2.05) is 12.4 Å². The van der Waals surface area contributed by atoms with Crippen molar-refractivity contribution in [3.05, 3.63) is 42.2 Å². The number of piperazine rings is 1. The second kappa shape index (κ2) is 6.98. The van der Waals surface area contributed by atoms with Gasteiger partial charge in [0.25, 0.3) is 0 Å². The van der Waals surface area contributed by atoms with Gasteiger partial charge in [-0.15, -0.1) is 0 Å². The number of nitrogens with one attached hydrogen (secondary N) is 1. The third-order valence-electron chi connectivity index (χ3n) is 4.20. The Morgan fingerprint density at radius 3 is 2.86 bits per heavy atom. The Labute approximate surface area is 126 Å². The Balaban J connectivity index is 1.59. The summed E-state index contributed by atoms with van der Waals surface area (Å²) in [5.41, 5.74) is 1.32. The summed E-state index contributed by atoms with van der Waals surface area (Å²) in [5.74, 6) is 0. The van der Waals surface area contributed by atoms with Crippen molar-refractivity contribution >= 4 is 10.8 Å². The molecule has 0 unspecified atom stereocenters. The number of aromatic nitrogens is 1. The molecule has 0 atom stereocenters. The number of fused-ring (bicyclic) bond motifs is 1. The summed E-state index contributed by atoms with van der Waals surface area (Å²) < 4.78 is 0. The minimum absolute atomic E-state index is 0.959. The number of pyridine rings is 1. The van der Waals surface area contributed by atoms with Crippen molar-refractivity contribution in [3.8, 4) is 0 Å². The Kier molecular flexibility index (Phi) is 4.80. The largest absolute Gasteiger partial charge is 0.314 e. The maximum atomic E-state index is 4.37. The lowest BCUT2D eigenvalue weighted by molar-refractivity contribution is 0.202. The van der Waals surface area contributed by atoms with Crippen LogP contribution in [-0.2, 0) is 6.54 Å². The number of nitrogens with zero attached hydrogens (tertiary/aromatic N) is 3. The van der Waals surface area contributed by atoms with E-state index in [-0.39, 0.29) is 0 Å². The third-order valence-corrected chi connectivity index (χ3v) is 4.20. The maximum Gasteiger partial charge on any atom is 0.0346 e. The molecule has 1 fully saturated rings. The van der Waals surface area contributed by atoms with E-state index in [1.165, 1.54) is 29.4 Å². The normalized spacial score (nSPS) is 16.7. The Bertz CT molecular complexity index is 573. The van der Waals surface area contributed by atoms with Crippen LogP contribution in [0.5, 0.6) is 0 Å². The van der Waals surface area contributed by atoms with Gasteiger partial charge in [-0.25, -0.2) is 0 Å². The van der Waals surface area contributed by atoms with Crippen LogP contribution in [0.3, 0.4) is 0 Å². The average molecular weight is 284 g/mol. The Morgan fingerprint density at radius 1 is 1.19 bits per heavy atom. The summed E-state index contributed by atoms with van der Waals surface area (Å²) >= 11 is 0. The van der Waals surface area contributed by atoms with Crippen LogP contribution in [0, 0.1) is 0 Å². The van der Waals surface area contributed by atoms with E-state index >= 15 is 0 Å². The molecule has 1 aromatic heterocycles.